The molecule has 136 valence electrons. The van der Waals surface area contributed by atoms with Crippen LogP contribution in [-0.2, 0) is 9.59 Å². The van der Waals surface area contributed by atoms with Crippen molar-refractivity contribution < 1.29 is 14.4 Å². The third kappa shape index (κ3) is 3.24. The average Bonchev–Trinajstić information content (AvgIpc) is 3.33. The largest absolute Gasteiger partial charge is 0.337 e. The van der Waals surface area contributed by atoms with Crippen LogP contribution in [0.1, 0.15) is 39.5 Å². The van der Waals surface area contributed by atoms with Crippen molar-refractivity contribution in [2.45, 2.75) is 51.1 Å². The van der Waals surface area contributed by atoms with Crippen LogP contribution in [0.5, 0.6) is 0 Å². The molecule has 1 saturated carbocycles. The maximum Gasteiger partial charge on any atom is 0.325 e. The highest BCUT2D eigenvalue weighted by Crippen LogP contribution is 2.42. The van der Waals surface area contributed by atoms with Gasteiger partial charge >= 0.3 is 6.03 Å². The quantitative estimate of drug-likeness (QED) is 0.723. The molecule has 4 amide bonds. The molecule has 0 aromatic heterocycles. The van der Waals surface area contributed by atoms with Gasteiger partial charge in [-0.15, -0.1) is 12.4 Å². The van der Waals surface area contributed by atoms with Gasteiger partial charge in [-0.3, -0.25) is 14.5 Å². The molecule has 0 radical (unpaired) electrons. The summed E-state index contributed by atoms with van der Waals surface area (Å²) in [6.45, 7) is 4.79. The zero-order valence-electron chi connectivity index (χ0n) is 14.3. The second-order valence-electron chi connectivity index (χ2n) is 7.40. The topological polar surface area (TPSA) is 95.7 Å². The number of hydrogen-bond donors (Lipinski definition) is 2. The number of carbonyl (C=O) groups is 3. The van der Waals surface area contributed by atoms with Crippen LogP contribution in [0.2, 0.25) is 0 Å². The molecule has 0 aromatic carbocycles. The number of amides is 4. The molecule has 7 nitrogen and oxygen atoms in total. The summed E-state index contributed by atoms with van der Waals surface area (Å²) in [5.74, 6) is 0.290. The summed E-state index contributed by atoms with van der Waals surface area (Å²) >= 11 is 0. The number of imide groups is 1. The molecule has 24 heavy (non-hydrogen) atoms. The van der Waals surface area contributed by atoms with Crippen LogP contribution in [0.25, 0.3) is 0 Å². The summed E-state index contributed by atoms with van der Waals surface area (Å²) in [6.07, 6.45) is 3.71. The molecular formula is C16H27ClN4O3. The molecule has 3 rings (SSSR count). The molecule has 3 N–H and O–H groups in total. The molecular weight excluding hydrogens is 332 g/mol. The number of nitrogens with two attached hydrogens (primary N) is 1. The molecule has 1 aliphatic carbocycles. The third-order valence-corrected chi connectivity index (χ3v) is 5.56. The van der Waals surface area contributed by atoms with E-state index in [0.29, 0.717) is 19.0 Å². The van der Waals surface area contributed by atoms with Gasteiger partial charge in [0.25, 0.3) is 5.91 Å². The minimum Gasteiger partial charge on any atom is -0.337 e. The number of urea groups is 1. The normalized spacial score (nSPS) is 33.3. The van der Waals surface area contributed by atoms with Crippen molar-refractivity contribution in [3.05, 3.63) is 0 Å². The lowest BCUT2D eigenvalue weighted by Gasteiger charge is -2.38. The smallest absolute Gasteiger partial charge is 0.325 e. The number of halogens is 1. The lowest BCUT2D eigenvalue weighted by atomic mass is 9.92. The van der Waals surface area contributed by atoms with E-state index in [2.05, 4.69) is 12.2 Å². The van der Waals surface area contributed by atoms with E-state index in [4.69, 9.17) is 5.73 Å². The SMILES string of the molecule is CC1CCN(C(=O)CN2C(=O)NC(C)(C3CC3)C2=O)C(CN)C1.Cl. The van der Waals surface area contributed by atoms with Crippen LogP contribution in [0.15, 0.2) is 0 Å². The first kappa shape index (κ1) is 19.0. The predicted molar refractivity (Wildman–Crippen MR) is 91.6 cm³/mol. The zero-order chi connectivity index (χ0) is 16.8. The van der Waals surface area contributed by atoms with Gasteiger partial charge in [0.15, 0.2) is 0 Å². The number of hydrogen-bond acceptors (Lipinski definition) is 4. The lowest BCUT2D eigenvalue weighted by molar-refractivity contribution is -0.141. The van der Waals surface area contributed by atoms with Gasteiger partial charge in [0.05, 0.1) is 0 Å². The summed E-state index contributed by atoms with van der Waals surface area (Å²) in [7, 11) is 0. The Morgan fingerprint density at radius 1 is 1.33 bits per heavy atom. The highest BCUT2D eigenvalue weighted by atomic mass is 35.5. The summed E-state index contributed by atoms with van der Waals surface area (Å²) in [5.41, 5.74) is 4.96. The van der Waals surface area contributed by atoms with E-state index in [1.807, 2.05) is 0 Å². The van der Waals surface area contributed by atoms with E-state index in [1.165, 1.54) is 0 Å². The molecule has 2 aliphatic heterocycles. The van der Waals surface area contributed by atoms with Gasteiger partial charge in [0, 0.05) is 19.1 Å². The Morgan fingerprint density at radius 2 is 2.00 bits per heavy atom. The molecule has 0 aromatic rings. The number of carbonyl (C=O) groups excluding carboxylic acids is 3. The van der Waals surface area contributed by atoms with Gasteiger partial charge in [-0.05, 0) is 44.4 Å². The zero-order valence-corrected chi connectivity index (χ0v) is 15.1. The van der Waals surface area contributed by atoms with Crippen molar-refractivity contribution in [3.63, 3.8) is 0 Å². The van der Waals surface area contributed by atoms with E-state index < -0.39 is 11.6 Å². The van der Waals surface area contributed by atoms with E-state index in [0.717, 1.165) is 30.6 Å². The Labute approximate surface area is 148 Å². The Kier molecular flexibility index (Phi) is 5.44. The van der Waals surface area contributed by atoms with Crippen LogP contribution >= 0.6 is 12.4 Å². The van der Waals surface area contributed by atoms with Crippen molar-refractivity contribution in [1.82, 2.24) is 15.1 Å². The Bertz CT molecular complexity index is 539. The molecule has 2 heterocycles. The van der Waals surface area contributed by atoms with Gasteiger partial charge in [0.2, 0.25) is 5.91 Å². The third-order valence-electron chi connectivity index (χ3n) is 5.56. The minimum absolute atomic E-state index is 0. The predicted octanol–water partition coefficient (Wildman–Crippen LogP) is 0.714. The van der Waals surface area contributed by atoms with Crippen LogP contribution in [0, 0.1) is 11.8 Å². The van der Waals surface area contributed by atoms with Crippen LogP contribution in [0.4, 0.5) is 4.79 Å². The maximum absolute atomic E-state index is 12.6. The number of piperidine rings is 1. The van der Waals surface area contributed by atoms with Gasteiger partial charge in [-0.1, -0.05) is 6.92 Å². The fraction of sp³-hybridized carbons (Fsp3) is 0.812. The monoisotopic (exact) mass is 358 g/mol. The summed E-state index contributed by atoms with van der Waals surface area (Å²) < 4.78 is 0. The fourth-order valence-electron chi connectivity index (χ4n) is 3.83. The van der Waals surface area contributed by atoms with Crippen molar-refractivity contribution >= 4 is 30.3 Å². The van der Waals surface area contributed by atoms with Crippen LogP contribution in [-0.4, -0.2) is 58.9 Å². The van der Waals surface area contributed by atoms with Crippen molar-refractivity contribution in [2.24, 2.45) is 17.6 Å². The molecule has 3 unspecified atom stereocenters. The maximum atomic E-state index is 12.6. The van der Waals surface area contributed by atoms with E-state index in [1.54, 1.807) is 11.8 Å². The summed E-state index contributed by atoms with van der Waals surface area (Å²) in [6, 6.07) is -0.450. The standard InChI is InChI=1S/C16H26N4O3.ClH/c1-10-5-6-19(12(7-10)8-17)13(21)9-20-14(22)16(2,11-3-4-11)18-15(20)23;/h10-12H,3-9,17H2,1-2H3,(H,18,23);1H. The number of nitrogens with one attached hydrogen (secondary N) is 1. The first-order chi connectivity index (χ1) is 10.9. The first-order valence-electron chi connectivity index (χ1n) is 8.50. The second kappa shape index (κ2) is 6.88. The second-order valence-corrected chi connectivity index (χ2v) is 7.40. The van der Waals surface area contributed by atoms with Crippen molar-refractivity contribution in [1.29, 1.82) is 0 Å². The molecule has 0 spiro atoms. The van der Waals surface area contributed by atoms with Crippen molar-refractivity contribution in [3.8, 4) is 0 Å². The van der Waals surface area contributed by atoms with Gasteiger partial charge in [0.1, 0.15) is 12.1 Å². The highest BCUT2D eigenvalue weighted by Gasteiger charge is 2.56. The average molecular weight is 359 g/mol. The number of nitrogens with zero attached hydrogens (tertiary/aromatic N) is 2. The highest BCUT2D eigenvalue weighted by molar-refractivity contribution is 6.09. The van der Waals surface area contributed by atoms with E-state index in [-0.39, 0.29) is 42.7 Å². The van der Waals surface area contributed by atoms with E-state index >= 15 is 0 Å². The fourth-order valence-corrected chi connectivity index (χ4v) is 3.83. The van der Waals surface area contributed by atoms with Crippen LogP contribution < -0.4 is 11.1 Å². The number of rotatable bonds is 4. The van der Waals surface area contributed by atoms with E-state index in [9.17, 15) is 14.4 Å². The molecule has 0 bridgehead atoms. The Hall–Kier alpha value is -1.34. The molecule has 8 heteroatoms. The molecule has 3 fully saturated rings. The molecule has 3 atom stereocenters. The molecule has 2 saturated heterocycles. The van der Waals surface area contributed by atoms with Crippen LogP contribution in [0.3, 0.4) is 0 Å². The Balaban J connectivity index is 0.00000208. The Morgan fingerprint density at radius 3 is 2.58 bits per heavy atom. The summed E-state index contributed by atoms with van der Waals surface area (Å²) in [4.78, 5) is 40.2. The lowest BCUT2D eigenvalue weighted by Crippen LogP contribution is -2.53. The van der Waals surface area contributed by atoms with Gasteiger partial charge in [-0.25, -0.2) is 4.79 Å². The van der Waals surface area contributed by atoms with Gasteiger partial charge in [-0.2, -0.15) is 0 Å². The first-order valence-corrected chi connectivity index (χ1v) is 8.50. The summed E-state index contributed by atoms with van der Waals surface area (Å²) in [5, 5.41) is 2.77. The minimum atomic E-state index is -0.832. The van der Waals surface area contributed by atoms with Crippen molar-refractivity contribution in [2.75, 3.05) is 19.6 Å². The number of likely N-dealkylation sites (tertiary alicyclic amines) is 1. The molecule has 3 aliphatic rings. The van der Waals surface area contributed by atoms with Gasteiger partial charge < -0.3 is 16.0 Å².